The fraction of sp³-hybridized carbons (Fsp3) is 0.857. The summed E-state index contributed by atoms with van der Waals surface area (Å²) in [5.74, 6) is -1.66. The van der Waals surface area contributed by atoms with Crippen molar-refractivity contribution in [1.29, 1.82) is 0 Å². The Balaban J connectivity index is 2.48. The van der Waals surface area contributed by atoms with Gasteiger partial charge in [-0.3, -0.25) is 9.59 Å². The molecule has 0 aliphatic heterocycles. The summed E-state index contributed by atoms with van der Waals surface area (Å²) in [6.07, 6.45) is 4.65. The number of hydrogen-bond donors (Lipinski definition) is 3. The molecule has 1 aliphatic rings. The summed E-state index contributed by atoms with van der Waals surface area (Å²) < 4.78 is 0. The van der Waals surface area contributed by atoms with E-state index in [-0.39, 0.29) is 18.4 Å². The Hall–Kier alpha value is -1.10. The van der Waals surface area contributed by atoms with Gasteiger partial charge in [0.1, 0.15) is 0 Å². The number of amides is 1. The van der Waals surface area contributed by atoms with Gasteiger partial charge in [-0.05, 0) is 25.2 Å². The van der Waals surface area contributed by atoms with Crippen molar-refractivity contribution in [3.8, 4) is 0 Å². The highest BCUT2D eigenvalue weighted by Crippen LogP contribution is 2.30. The molecule has 1 saturated carbocycles. The number of aliphatic hydroxyl groups is 1. The van der Waals surface area contributed by atoms with E-state index in [4.69, 9.17) is 10.2 Å². The molecule has 110 valence electrons. The Morgan fingerprint density at radius 3 is 2.42 bits per heavy atom. The van der Waals surface area contributed by atoms with Crippen LogP contribution in [-0.2, 0) is 9.59 Å². The largest absolute Gasteiger partial charge is 0.481 e. The van der Waals surface area contributed by atoms with Gasteiger partial charge in [-0.15, -0.1) is 0 Å². The number of aliphatic hydroxyl groups excluding tert-OH is 1. The van der Waals surface area contributed by atoms with E-state index in [0.717, 1.165) is 19.3 Å². The van der Waals surface area contributed by atoms with Gasteiger partial charge >= 0.3 is 5.97 Å². The number of hydrogen-bond acceptors (Lipinski definition) is 3. The number of rotatable bonds is 7. The summed E-state index contributed by atoms with van der Waals surface area (Å²) in [6, 6.07) is 0. The quantitative estimate of drug-likeness (QED) is 0.653. The molecule has 0 spiro atoms. The van der Waals surface area contributed by atoms with Crippen molar-refractivity contribution in [2.45, 2.75) is 45.4 Å². The molecule has 5 heteroatoms. The van der Waals surface area contributed by atoms with Gasteiger partial charge in [-0.25, -0.2) is 0 Å². The number of carbonyl (C=O) groups is 2. The Labute approximate surface area is 114 Å². The third-order valence-electron chi connectivity index (χ3n) is 4.10. The van der Waals surface area contributed by atoms with Crippen molar-refractivity contribution >= 4 is 11.9 Å². The lowest BCUT2D eigenvalue weighted by Gasteiger charge is -2.28. The number of carboxylic acid groups (broad SMARTS) is 1. The van der Waals surface area contributed by atoms with Crippen LogP contribution in [-0.4, -0.2) is 35.2 Å². The highest BCUT2D eigenvalue weighted by atomic mass is 16.4. The molecule has 0 bridgehead atoms. The lowest BCUT2D eigenvalue weighted by atomic mass is 9.78. The summed E-state index contributed by atoms with van der Waals surface area (Å²) in [5.41, 5.74) is 0. The second-order valence-electron chi connectivity index (χ2n) is 5.37. The van der Waals surface area contributed by atoms with Gasteiger partial charge in [-0.2, -0.15) is 0 Å². The Kier molecular flexibility index (Phi) is 6.84. The van der Waals surface area contributed by atoms with Crippen LogP contribution in [0.1, 0.15) is 45.4 Å². The third kappa shape index (κ3) is 4.82. The van der Waals surface area contributed by atoms with Crippen LogP contribution in [0.3, 0.4) is 0 Å². The second-order valence-corrected chi connectivity index (χ2v) is 5.37. The minimum Gasteiger partial charge on any atom is -0.481 e. The highest BCUT2D eigenvalue weighted by molar-refractivity contribution is 5.84. The molecule has 0 saturated heterocycles. The SMILES string of the molecule is CCC(CCO)CNC(=O)C1CCCCC1C(=O)O. The Bertz CT molecular complexity index is 306. The molecule has 1 aliphatic carbocycles. The average molecular weight is 271 g/mol. The van der Waals surface area contributed by atoms with Crippen molar-refractivity contribution in [2.24, 2.45) is 17.8 Å². The first-order valence-electron chi connectivity index (χ1n) is 7.21. The number of carboxylic acids is 1. The van der Waals surface area contributed by atoms with Crippen LogP contribution in [0.2, 0.25) is 0 Å². The molecule has 0 radical (unpaired) electrons. The van der Waals surface area contributed by atoms with Crippen molar-refractivity contribution < 1.29 is 19.8 Å². The van der Waals surface area contributed by atoms with Crippen LogP contribution in [0.5, 0.6) is 0 Å². The molecule has 19 heavy (non-hydrogen) atoms. The van der Waals surface area contributed by atoms with Gasteiger partial charge in [0.15, 0.2) is 0 Å². The molecular formula is C14H25NO4. The van der Waals surface area contributed by atoms with Crippen LogP contribution in [0, 0.1) is 17.8 Å². The molecule has 1 fully saturated rings. The molecule has 5 nitrogen and oxygen atoms in total. The highest BCUT2D eigenvalue weighted by Gasteiger charge is 2.35. The van der Waals surface area contributed by atoms with E-state index in [1.54, 1.807) is 0 Å². The standard InChI is InChI=1S/C14H25NO4/c1-2-10(7-8-16)9-15-13(17)11-5-3-4-6-12(11)14(18)19/h10-12,16H,2-9H2,1H3,(H,15,17)(H,18,19). The molecule has 0 heterocycles. The van der Waals surface area contributed by atoms with E-state index in [0.29, 0.717) is 25.8 Å². The molecule has 0 aromatic heterocycles. The van der Waals surface area contributed by atoms with Gasteiger partial charge in [0, 0.05) is 13.2 Å². The van der Waals surface area contributed by atoms with Crippen LogP contribution < -0.4 is 5.32 Å². The molecule has 3 unspecified atom stereocenters. The van der Waals surface area contributed by atoms with Crippen molar-refractivity contribution in [2.75, 3.05) is 13.2 Å². The van der Waals surface area contributed by atoms with Crippen LogP contribution in [0.25, 0.3) is 0 Å². The topological polar surface area (TPSA) is 86.6 Å². The molecule has 0 aromatic rings. The zero-order chi connectivity index (χ0) is 14.3. The Morgan fingerprint density at radius 2 is 1.89 bits per heavy atom. The van der Waals surface area contributed by atoms with Gasteiger partial charge in [-0.1, -0.05) is 26.2 Å². The molecular weight excluding hydrogens is 246 g/mol. The van der Waals surface area contributed by atoms with Crippen LogP contribution in [0.15, 0.2) is 0 Å². The first kappa shape index (κ1) is 16.0. The maximum atomic E-state index is 12.1. The summed E-state index contributed by atoms with van der Waals surface area (Å²) in [7, 11) is 0. The van der Waals surface area contributed by atoms with Crippen molar-refractivity contribution in [3.63, 3.8) is 0 Å². The summed E-state index contributed by atoms with van der Waals surface area (Å²) in [4.78, 5) is 23.3. The minimum absolute atomic E-state index is 0.121. The summed E-state index contributed by atoms with van der Waals surface area (Å²) >= 11 is 0. The van der Waals surface area contributed by atoms with E-state index in [1.165, 1.54) is 0 Å². The summed E-state index contributed by atoms with van der Waals surface area (Å²) in [6.45, 7) is 2.67. The van der Waals surface area contributed by atoms with E-state index in [9.17, 15) is 9.59 Å². The van der Waals surface area contributed by atoms with Gasteiger partial charge in [0.2, 0.25) is 5.91 Å². The smallest absolute Gasteiger partial charge is 0.307 e. The zero-order valence-electron chi connectivity index (χ0n) is 11.6. The zero-order valence-corrected chi connectivity index (χ0v) is 11.6. The minimum atomic E-state index is -0.859. The van der Waals surface area contributed by atoms with Crippen LogP contribution >= 0.6 is 0 Å². The van der Waals surface area contributed by atoms with E-state index < -0.39 is 17.8 Å². The molecule has 1 amide bonds. The number of nitrogens with one attached hydrogen (secondary N) is 1. The molecule has 0 aromatic carbocycles. The van der Waals surface area contributed by atoms with Crippen molar-refractivity contribution in [3.05, 3.63) is 0 Å². The molecule has 3 N–H and O–H groups in total. The van der Waals surface area contributed by atoms with E-state index in [1.807, 2.05) is 6.92 Å². The second kappa shape index (κ2) is 8.15. The van der Waals surface area contributed by atoms with E-state index >= 15 is 0 Å². The van der Waals surface area contributed by atoms with Gasteiger partial charge in [0.25, 0.3) is 0 Å². The number of aliphatic carboxylic acids is 1. The average Bonchev–Trinajstić information content (AvgIpc) is 2.43. The predicted molar refractivity (Wildman–Crippen MR) is 71.6 cm³/mol. The predicted octanol–water partition coefficient (Wildman–Crippen LogP) is 1.40. The first-order chi connectivity index (χ1) is 9.10. The van der Waals surface area contributed by atoms with Crippen LogP contribution in [0.4, 0.5) is 0 Å². The van der Waals surface area contributed by atoms with Crippen molar-refractivity contribution in [1.82, 2.24) is 5.32 Å². The first-order valence-corrected chi connectivity index (χ1v) is 7.21. The molecule has 1 rings (SSSR count). The van der Waals surface area contributed by atoms with Gasteiger partial charge < -0.3 is 15.5 Å². The van der Waals surface area contributed by atoms with Gasteiger partial charge in [0.05, 0.1) is 11.8 Å². The Morgan fingerprint density at radius 1 is 1.26 bits per heavy atom. The fourth-order valence-corrected chi connectivity index (χ4v) is 2.75. The van der Waals surface area contributed by atoms with E-state index in [2.05, 4.69) is 5.32 Å². The number of carbonyl (C=O) groups excluding carboxylic acids is 1. The normalized spacial score (nSPS) is 24.7. The molecule has 3 atom stereocenters. The maximum Gasteiger partial charge on any atom is 0.307 e. The maximum absolute atomic E-state index is 12.1. The monoisotopic (exact) mass is 271 g/mol. The fourth-order valence-electron chi connectivity index (χ4n) is 2.75. The lowest BCUT2D eigenvalue weighted by Crippen LogP contribution is -2.41. The third-order valence-corrected chi connectivity index (χ3v) is 4.10. The summed E-state index contributed by atoms with van der Waals surface area (Å²) in [5, 5.41) is 20.9. The lowest BCUT2D eigenvalue weighted by molar-refractivity contribution is -0.148.